The topological polar surface area (TPSA) is 52.9 Å². The van der Waals surface area contributed by atoms with E-state index in [-0.39, 0.29) is 11.5 Å². The normalized spacial score (nSPS) is 10.9. The Morgan fingerprint density at radius 2 is 1.87 bits per heavy atom. The van der Waals surface area contributed by atoms with Crippen LogP contribution in [0.15, 0.2) is 65.1 Å². The third-order valence-corrected chi connectivity index (χ3v) is 4.08. The van der Waals surface area contributed by atoms with Gasteiger partial charge in [0.1, 0.15) is 11.6 Å². The van der Waals surface area contributed by atoms with Crippen molar-refractivity contribution in [2.45, 2.75) is 11.3 Å². The lowest BCUT2D eigenvalue weighted by Crippen LogP contribution is -2.26. The number of rotatable bonds is 6. The summed E-state index contributed by atoms with van der Waals surface area (Å²) in [5.41, 5.74) is 2.12. The number of nitrogens with zero attached hydrogens (tertiary/aromatic N) is 1. The highest BCUT2D eigenvalue weighted by molar-refractivity contribution is 7.98. The van der Waals surface area contributed by atoms with Crippen LogP contribution in [-0.4, -0.2) is 18.7 Å². The van der Waals surface area contributed by atoms with Crippen molar-refractivity contribution in [2.75, 3.05) is 12.8 Å². The third-order valence-electron chi connectivity index (χ3n) is 3.33. The Bertz CT molecular complexity index is 715. The maximum Gasteiger partial charge on any atom is 0.261 e. The summed E-state index contributed by atoms with van der Waals surface area (Å²) in [5, 5.41) is 12.0. The number of carbonyl (C=O) groups is 1. The van der Waals surface area contributed by atoms with Gasteiger partial charge in [-0.25, -0.2) is 0 Å². The van der Waals surface area contributed by atoms with Crippen LogP contribution >= 0.6 is 11.8 Å². The Hall–Kier alpha value is -2.51. The molecule has 3 nitrogen and oxygen atoms in total. The van der Waals surface area contributed by atoms with Crippen molar-refractivity contribution in [3.05, 3.63) is 71.3 Å². The second-order valence-electron chi connectivity index (χ2n) is 4.93. The highest BCUT2D eigenvalue weighted by Gasteiger charge is 2.08. The Balaban J connectivity index is 1.95. The lowest BCUT2D eigenvalue weighted by molar-refractivity contribution is -0.117. The number of amides is 1. The molecule has 2 rings (SSSR count). The Kier molecular flexibility index (Phi) is 6.46. The first-order chi connectivity index (χ1) is 11.2. The average Bonchev–Trinajstić information content (AvgIpc) is 2.61. The Morgan fingerprint density at radius 3 is 2.48 bits per heavy atom. The molecule has 0 aliphatic carbocycles. The largest absolute Gasteiger partial charge is 0.351 e. The van der Waals surface area contributed by atoms with Gasteiger partial charge in [0.2, 0.25) is 0 Å². The summed E-state index contributed by atoms with van der Waals surface area (Å²) in [6.07, 6.45) is 4.36. The molecule has 0 spiro atoms. The van der Waals surface area contributed by atoms with Crippen LogP contribution in [0.2, 0.25) is 0 Å². The smallest absolute Gasteiger partial charge is 0.261 e. The molecule has 1 amide bonds. The summed E-state index contributed by atoms with van der Waals surface area (Å²) in [7, 11) is 0. The molecule has 4 heteroatoms. The fraction of sp³-hybridized carbons (Fsp3) is 0.158. The lowest BCUT2D eigenvalue weighted by Gasteiger charge is -2.05. The standard InChI is InChI=1S/C19H18N2OS/c1-23-18-9-7-16(8-10-18)13-17(14-20)19(22)21-12-11-15-5-3-2-4-6-15/h2-10,13H,11-12H2,1H3,(H,21,22)/b17-13-. The maximum absolute atomic E-state index is 12.1. The van der Waals surface area contributed by atoms with E-state index in [0.29, 0.717) is 6.54 Å². The van der Waals surface area contributed by atoms with Crippen molar-refractivity contribution in [1.82, 2.24) is 5.32 Å². The van der Waals surface area contributed by atoms with Crippen molar-refractivity contribution < 1.29 is 4.79 Å². The Morgan fingerprint density at radius 1 is 1.17 bits per heavy atom. The molecule has 1 N–H and O–H groups in total. The molecule has 0 unspecified atom stereocenters. The molecule has 0 bridgehead atoms. The minimum absolute atomic E-state index is 0.120. The highest BCUT2D eigenvalue weighted by Crippen LogP contribution is 2.16. The number of hydrogen-bond donors (Lipinski definition) is 1. The zero-order valence-electron chi connectivity index (χ0n) is 13.0. The van der Waals surface area contributed by atoms with Gasteiger partial charge in [-0.1, -0.05) is 42.5 Å². The molecular weight excluding hydrogens is 304 g/mol. The molecule has 0 radical (unpaired) electrons. The van der Waals surface area contributed by atoms with E-state index in [0.717, 1.165) is 22.4 Å². The van der Waals surface area contributed by atoms with E-state index >= 15 is 0 Å². The fourth-order valence-corrected chi connectivity index (χ4v) is 2.48. The van der Waals surface area contributed by atoms with Gasteiger partial charge in [-0.3, -0.25) is 4.79 Å². The molecule has 0 heterocycles. The van der Waals surface area contributed by atoms with E-state index in [2.05, 4.69) is 5.32 Å². The summed E-state index contributed by atoms with van der Waals surface area (Å²) in [6, 6.07) is 19.6. The third kappa shape index (κ3) is 5.32. The monoisotopic (exact) mass is 322 g/mol. The summed E-state index contributed by atoms with van der Waals surface area (Å²) in [4.78, 5) is 13.2. The van der Waals surface area contributed by atoms with Crippen molar-refractivity contribution in [3.8, 4) is 6.07 Å². The van der Waals surface area contributed by atoms with Gasteiger partial charge in [0.15, 0.2) is 0 Å². The minimum atomic E-state index is -0.336. The van der Waals surface area contributed by atoms with Crippen molar-refractivity contribution >= 4 is 23.7 Å². The molecule has 0 aliphatic rings. The molecule has 0 saturated heterocycles. The molecule has 0 atom stereocenters. The van der Waals surface area contributed by atoms with Gasteiger partial charge in [-0.05, 0) is 42.0 Å². The number of benzene rings is 2. The summed E-state index contributed by atoms with van der Waals surface area (Å²) < 4.78 is 0. The van der Waals surface area contributed by atoms with Crippen LogP contribution in [0.25, 0.3) is 6.08 Å². The maximum atomic E-state index is 12.1. The number of thioether (sulfide) groups is 1. The zero-order chi connectivity index (χ0) is 16.5. The number of nitriles is 1. The first-order valence-electron chi connectivity index (χ1n) is 7.31. The van der Waals surface area contributed by atoms with Crippen LogP contribution in [-0.2, 0) is 11.2 Å². The van der Waals surface area contributed by atoms with E-state index in [4.69, 9.17) is 0 Å². The number of nitrogens with one attached hydrogen (secondary N) is 1. The van der Waals surface area contributed by atoms with Crippen molar-refractivity contribution in [3.63, 3.8) is 0 Å². The van der Waals surface area contributed by atoms with Gasteiger partial charge >= 0.3 is 0 Å². The molecule has 2 aromatic rings. The highest BCUT2D eigenvalue weighted by atomic mass is 32.2. The summed E-state index contributed by atoms with van der Waals surface area (Å²) in [5.74, 6) is -0.336. The van der Waals surface area contributed by atoms with Gasteiger partial charge in [0.25, 0.3) is 5.91 Å². The summed E-state index contributed by atoms with van der Waals surface area (Å²) in [6.45, 7) is 0.507. The van der Waals surface area contributed by atoms with Crippen molar-refractivity contribution in [2.24, 2.45) is 0 Å². The van der Waals surface area contributed by atoms with Gasteiger partial charge in [0, 0.05) is 11.4 Å². The molecule has 0 fully saturated rings. The number of hydrogen-bond acceptors (Lipinski definition) is 3. The predicted octanol–water partition coefficient (Wildman–Crippen LogP) is 3.67. The zero-order valence-corrected chi connectivity index (χ0v) is 13.8. The van der Waals surface area contributed by atoms with Crippen LogP contribution in [0.4, 0.5) is 0 Å². The Labute approximate surface area is 141 Å². The number of carbonyl (C=O) groups excluding carboxylic acids is 1. The van der Waals surface area contributed by atoms with Gasteiger partial charge in [0.05, 0.1) is 0 Å². The molecule has 23 heavy (non-hydrogen) atoms. The van der Waals surface area contributed by atoms with Crippen LogP contribution in [0.3, 0.4) is 0 Å². The van der Waals surface area contributed by atoms with Gasteiger partial charge in [-0.2, -0.15) is 5.26 Å². The van der Waals surface area contributed by atoms with Gasteiger partial charge < -0.3 is 5.32 Å². The second kappa shape index (κ2) is 8.82. The van der Waals surface area contributed by atoms with E-state index in [1.165, 1.54) is 0 Å². The second-order valence-corrected chi connectivity index (χ2v) is 5.81. The predicted molar refractivity (Wildman–Crippen MR) is 95.0 cm³/mol. The molecule has 2 aromatic carbocycles. The molecule has 0 aromatic heterocycles. The van der Waals surface area contributed by atoms with Crippen LogP contribution in [0.5, 0.6) is 0 Å². The first-order valence-corrected chi connectivity index (χ1v) is 8.53. The van der Waals surface area contributed by atoms with Crippen molar-refractivity contribution in [1.29, 1.82) is 5.26 Å². The van der Waals surface area contributed by atoms with Crippen LogP contribution < -0.4 is 5.32 Å². The molecular formula is C19H18N2OS. The van der Waals surface area contributed by atoms with E-state index in [1.807, 2.05) is 66.9 Å². The average molecular weight is 322 g/mol. The molecule has 116 valence electrons. The molecule has 0 aliphatic heterocycles. The quantitative estimate of drug-likeness (QED) is 0.501. The van der Waals surface area contributed by atoms with E-state index < -0.39 is 0 Å². The van der Waals surface area contributed by atoms with Crippen LogP contribution in [0, 0.1) is 11.3 Å². The summed E-state index contributed by atoms with van der Waals surface area (Å²) >= 11 is 1.65. The van der Waals surface area contributed by atoms with E-state index in [1.54, 1.807) is 17.8 Å². The minimum Gasteiger partial charge on any atom is -0.351 e. The molecule has 0 saturated carbocycles. The first kappa shape index (κ1) is 16.9. The van der Waals surface area contributed by atoms with Crippen LogP contribution in [0.1, 0.15) is 11.1 Å². The fourth-order valence-electron chi connectivity index (χ4n) is 2.08. The van der Waals surface area contributed by atoms with Gasteiger partial charge in [-0.15, -0.1) is 11.8 Å². The lowest BCUT2D eigenvalue weighted by atomic mass is 10.1. The van der Waals surface area contributed by atoms with E-state index in [9.17, 15) is 10.1 Å². The SMILES string of the molecule is CSc1ccc(/C=C(/C#N)C(=O)NCCc2ccccc2)cc1.